The minimum absolute atomic E-state index is 0.726. The third-order valence-corrected chi connectivity index (χ3v) is 1.93. The van der Waals surface area contributed by atoms with E-state index in [0.29, 0.717) is 0 Å². The van der Waals surface area contributed by atoms with Gasteiger partial charge in [-0.15, -0.1) is 0 Å². The molecular weight excluding hydrogens is 188 g/mol. The summed E-state index contributed by atoms with van der Waals surface area (Å²) >= 11 is 0. The van der Waals surface area contributed by atoms with E-state index in [0.717, 1.165) is 23.9 Å². The molecule has 15 heavy (non-hydrogen) atoms. The molecule has 0 aliphatic rings. The first-order chi connectivity index (χ1) is 7.00. The van der Waals surface area contributed by atoms with Crippen LogP contribution in [0, 0.1) is 0 Å². The van der Waals surface area contributed by atoms with Crippen LogP contribution in [-0.2, 0) is 0 Å². The lowest BCUT2D eigenvalue weighted by Gasteiger charge is -2.19. The van der Waals surface area contributed by atoms with E-state index in [2.05, 4.69) is 16.5 Å². The molecular formula is C11H18N4. The smallest absolute Gasteiger partial charge is 0.227 e. The van der Waals surface area contributed by atoms with Crippen molar-refractivity contribution in [2.45, 2.75) is 6.92 Å². The van der Waals surface area contributed by atoms with E-state index in [-0.39, 0.29) is 0 Å². The lowest BCUT2D eigenvalue weighted by Crippen LogP contribution is -2.22. The van der Waals surface area contributed by atoms with Crippen LogP contribution in [-0.4, -0.2) is 37.7 Å². The van der Waals surface area contributed by atoms with Gasteiger partial charge in [-0.25, -0.2) is 4.98 Å². The van der Waals surface area contributed by atoms with Crippen LogP contribution in [0.4, 0.5) is 11.8 Å². The molecule has 0 atom stereocenters. The molecule has 0 fully saturated rings. The zero-order valence-corrected chi connectivity index (χ0v) is 9.86. The second kappa shape index (κ2) is 4.77. The van der Waals surface area contributed by atoms with E-state index >= 15 is 0 Å². The lowest BCUT2D eigenvalue weighted by molar-refractivity contribution is 0.904. The molecule has 0 aliphatic heterocycles. The van der Waals surface area contributed by atoms with E-state index < -0.39 is 0 Å². The van der Waals surface area contributed by atoms with Crippen molar-refractivity contribution >= 4 is 11.8 Å². The van der Waals surface area contributed by atoms with Gasteiger partial charge in [-0.1, -0.05) is 12.2 Å². The number of aromatic nitrogens is 2. The maximum absolute atomic E-state index is 4.42. The SMILES string of the molecule is C=C(C)CN(C)c1nccc(N(C)C)n1. The summed E-state index contributed by atoms with van der Waals surface area (Å²) in [6, 6.07) is 1.89. The van der Waals surface area contributed by atoms with Gasteiger partial charge in [-0.05, 0) is 13.0 Å². The Kier molecular flexibility index (Phi) is 3.66. The summed E-state index contributed by atoms with van der Waals surface area (Å²) in [6.07, 6.45) is 1.77. The van der Waals surface area contributed by atoms with Gasteiger partial charge in [0, 0.05) is 33.9 Å². The van der Waals surface area contributed by atoms with Crippen LogP contribution in [0.1, 0.15) is 6.92 Å². The van der Waals surface area contributed by atoms with Gasteiger partial charge in [0.1, 0.15) is 5.82 Å². The molecule has 0 aromatic carbocycles. The first-order valence-electron chi connectivity index (χ1n) is 4.86. The van der Waals surface area contributed by atoms with E-state index in [1.807, 2.05) is 43.9 Å². The number of hydrogen-bond acceptors (Lipinski definition) is 4. The fourth-order valence-electron chi connectivity index (χ4n) is 1.25. The van der Waals surface area contributed by atoms with Crippen LogP contribution in [0.5, 0.6) is 0 Å². The zero-order chi connectivity index (χ0) is 11.4. The van der Waals surface area contributed by atoms with Crippen LogP contribution >= 0.6 is 0 Å². The standard InChI is InChI=1S/C11H18N4/c1-9(2)8-15(5)11-12-7-6-10(13-11)14(3)4/h6-7H,1,8H2,2-5H3. The molecule has 1 heterocycles. The highest BCUT2D eigenvalue weighted by atomic mass is 15.3. The van der Waals surface area contributed by atoms with E-state index in [1.165, 1.54) is 0 Å². The minimum atomic E-state index is 0.726. The average molecular weight is 206 g/mol. The van der Waals surface area contributed by atoms with Crippen LogP contribution < -0.4 is 9.80 Å². The maximum atomic E-state index is 4.42. The first-order valence-corrected chi connectivity index (χ1v) is 4.86. The van der Waals surface area contributed by atoms with E-state index in [9.17, 15) is 0 Å². The van der Waals surface area contributed by atoms with Crippen molar-refractivity contribution in [1.29, 1.82) is 0 Å². The normalized spacial score (nSPS) is 9.87. The summed E-state index contributed by atoms with van der Waals surface area (Å²) in [5, 5.41) is 0. The predicted molar refractivity (Wildman–Crippen MR) is 64.4 cm³/mol. The fraction of sp³-hybridized carbons (Fsp3) is 0.455. The van der Waals surface area contributed by atoms with Crippen molar-refractivity contribution in [2.24, 2.45) is 0 Å². The molecule has 0 saturated carbocycles. The first kappa shape index (κ1) is 11.5. The highest BCUT2D eigenvalue weighted by molar-refractivity contribution is 5.42. The largest absolute Gasteiger partial charge is 0.363 e. The van der Waals surface area contributed by atoms with Gasteiger partial charge in [-0.2, -0.15) is 4.98 Å². The Morgan fingerprint density at radius 2 is 2.07 bits per heavy atom. The molecule has 4 heteroatoms. The Morgan fingerprint density at radius 3 is 2.60 bits per heavy atom. The van der Waals surface area contributed by atoms with Crippen molar-refractivity contribution < 1.29 is 0 Å². The molecule has 4 nitrogen and oxygen atoms in total. The molecule has 0 aliphatic carbocycles. The molecule has 0 N–H and O–H groups in total. The Balaban J connectivity index is 2.85. The quantitative estimate of drug-likeness (QED) is 0.700. The number of nitrogens with zero attached hydrogens (tertiary/aromatic N) is 4. The van der Waals surface area contributed by atoms with Gasteiger partial charge >= 0.3 is 0 Å². The van der Waals surface area contributed by atoms with Gasteiger partial charge < -0.3 is 9.80 Å². The van der Waals surface area contributed by atoms with Crippen molar-refractivity contribution in [1.82, 2.24) is 9.97 Å². The Bertz CT molecular complexity index is 346. The molecule has 0 saturated heterocycles. The average Bonchev–Trinajstić information content (AvgIpc) is 2.17. The summed E-state index contributed by atoms with van der Waals surface area (Å²) in [5.41, 5.74) is 1.09. The molecule has 0 spiro atoms. The highest BCUT2D eigenvalue weighted by Crippen LogP contribution is 2.11. The second-order valence-electron chi connectivity index (χ2n) is 3.92. The number of rotatable bonds is 4. The van der Waals surface area contributed by atoms with Gasteiger partial charge in [0.15, 0.2) is 0 Å². The van der Waals surface area contributed by atoms with E-state index in [4.69, 9.17) is 0 Å². The molecule has 1 aromatic heterocycles. The summed E-state index contributed by atoms with van der Waals surface area (Å²) in [5.74, 6) is 1.64. The lowest BCUT2D eigenvalue weighted by atomic mass is 10.3. The number of likely N-dealkylation sites (N-methyl/N-ethyl adjacent to an activating group) is 1. The third kappa shape index (κ3) is 3.23. The van der Waals surface area contributed by atoms with E-state index in [1.54, 1.807) is 6.20 Å². The van der Waals surface area contributed by atoms with Crippen LogP contribution in [0.15, 0.2) is 24.4 Å². The number of anilines is 2. The summed E-state index contributed by atoms with van der Waals surface area (Å²) in [4.78, 5) is 12.6. The molecule has 1 rings (SSSR count). The molecule has 0 bridgehead atoms. The second-order valence-corrected chi connectivity index (χ2v) is 3.92. The Labute approximate surface area is 91.3 Å². The Hall–Kier alpha value is -1.58. The molecule has 0 amide bonds. The Morgan fingerprint density at radius 1 is 1.40 bits per heavy atom. The van der Waals surface area contributed by atoms with Crippen molar-refractivity contribution in [3.05, 3.63) is 24.4 Å². The van der Waals surface area contributed by atoms with Gasteiger partial charge in [0.2, 0.25) is 5.95 Å². The van der Waals surface area contributed by atoms with Crippen molar-refractivity contribution in [3.63, 3.8) is 0 Å². The van der Waals surface area contributed by atoms with Gasteiger partial charge in [0.25, 0.3) is 0 Å². The van der Waals surface area contributed by atoms with Crippen molar-refractivity contribution in [3.8, 4) is 0 Å². The molecule has 0 unspecified atom stereocenters. The minimum Gasteiger partial charge on any atom is -0.363 e. The van der Waals surface area contributed by atoms with Crippen molar-refractivity contribution in [2.75, 3.05) is 37.5 Å². The molecule has 0 radical (unpaired) electrons. The fourth-order valence-corrected chi connectivity index (χ4v) is 1.25. The third-order valence-electron chi connectivity index (χ3n) is 1.93. The highest BCUT2D eigenvalue weighted by Gasteiger charge is 2.05. The monoisotopic (exact) mass is 206 g/mol. The number of hydrogen-bond donors (Lipinski definition) is 0. The van der Waals surface area contributed by atoms with Gasteiger partial charge in [0.05, 0.1) is 0 Å². The summed E-state index contributed by atoms with van der Waals surface area (Å²) in [6.45, 7) is 6.64. The van der Waals surface area contributed by atoms with Crippen LogP contribution in [0.25, 0.3) is 0 Å². The zero-order valence-electron chi connectivity index (χ0n) is 9.86. The topological polar surface area (TPSA) is 32.3 Å². The molecule has 1 aromatic rings. The van der Waals surface area contributed by atoms with Crippen LogP contribution in [0.2, 0.25) is 0 Å². The summed E-state index contributed by atoms with van der Waals surface area (Å²) < 4.78 is 0. The maximum Gasteiger partial charge on any atom is 0.227 e. The molecule has 82 valence electrons. The van der Waals surface area contributed by atoms with Gasteiger partial charge in [-0.3, -0.25) is 0 Å². The predicted octanol–water partition coefficient (Wildman–Crippen LogP) is 1.55. The van der Waals surface area contributed by atoms with Crippen LogP contribution in [0.3, 0.4) is 0 Å². The summed E-state index contributed by atoms with van der Waals surface area (Å²) in [7, 11) is 5.89.